The average molecular weight is 384 g/mol. The number of halogens is 3. The molecule has 0 saturated heterocycles. The molecule has 0 spiro atoms. The van der Waals surface area contributed by atoms with Crippen LogP contribution in [0, 0.1) is 17.5 Å². The van der Waals surface area contributed by atoms with Crippen LogP contribution in [0.4, 0.5) is 30.6 Å². The number of benzene rings is 2. The van der Waals surface area contributed by atoms with E-state index in [-0.39, 0.29) is 11.6 Å². The molecule has 6 nitrogen and oxygen atoms in total. The molecular weight excluding hydrogens is 369 g/mol. The monoisotopic (exact) mass is 384 g/mol. The Morgan fingerprint density at radius 2 is 1.86 bits per heavy atom. The molecule has 2 aromatic heterocycles. The molecule has 28 heavy (non-hydrogen) atoms. The highest BCUT2D eigenvalue weighted by Crippen LogP contribution is 2.22. The van der Waals surface area contributed by atoms with Crippen molar-refractivity contribution in [3.63, 3.8) is 0 Å². The van der Waals surface area contributed by atoms with Gasteiger partial charge in [0.15, 0.2) is 23.3 Å². The predicted molar refractivity (Wildman–Crippen MR) is 99.9 cm³/mol. The SMILES string of the molecule is Fc1ccc(Nc2nncc(NCCc3c[nH]c4ccccc34)n2)c(F)c1F. The van der Waals surface area contributed by atoms with Gasteiger partial charge in [-0.2, -0.15) is 10.1 Å². The summed E-state index contributed by atoms with van der Waals surface area (Å²) >= 11 is 0. The summed E-state index contributed by atoms with van der Waals surface area (Å²) in [5.41, 5.74) is 1.95. The molecule has 0 aliphatic heterocycles. The maximum atomic E-state index is 13.8. The maximum Gasteiger partial charge on any atom is 0.249 e. The summed E-state index contributed by atoms with van der Waals surface area (Å²) in [6.07, 6.45) is 4.13. The van der Waals surface area contributed by atoms with E-state index in [0.717, 1.165) is 35.0 Å². The van der Waals surface area contributed by atoms with Crippen LogP contribution in [0.15, 0.2) is 48.8 Å². The zero-order valence-electron chi connectivity index (χ0n) is 14.5. The number of hydrogen-bond donors (Lipinski definition) is 3. The fourth-order valence-electron chi connectivity index (χ4n) is 2.85. The second kappa shape index (κ2) is 7.55. The van der Waals surface area contributed by atoms with Gasteiger partial charge < -0.3 is 15.6 Å². The number of rotatable bonds is 6. The average Bonchev–Trinajstić information content (AvgIpc) is 3.12. The van der Waals surface area contributed by atoms with Gasteiger partial charge in [-0.05, 0) is 30.2 Å². The van der Waals surface area contributed by atoms with Crippen LogP contribution in [0.2, 0.25) is 0 Å². The fraction of sp³-hybridized carbons (Fsp3) is 0.105. The summed E-state index contributed by atoms with van der Waals surface area (Å²) in [5, 5.41) is 14.3. The summed E-state index contributed by atoms with van der Waals surface area (Å²) in [7, 11) is 0. The molecule has 142 valence electrons. The van der Waals surface area contributed by atoms with Gasteiger partial charge in [-0.25, -0.2) is 13.2 Å². The second-order valence-electron chi connectivity index (χ2n) is 6.05. The predicted octanol–water partition coefficient (Wildman–Crippen LogP) is 4.17. The third kappa shape index (κ3) is 3.59. The Bertz CT molecular complexity index is 1130. The molecule has 0 bridgehead atoms. The largest absolute Gasteiger partial charge is 0.368 e. The number of nitrogens with zero attached hydrogens (tertiary/aromatic N) is 3. The van der Waals surface area contributed by atoms with Crippen LogP contribution in [-0.2, 0) is 6.42 Å². The van der Waals surface area contributed by atoms with E-state index in [0.29, 0.717) is 12.4 Å². The van der Waals surface area contributed by atoms with Gasteiger partial charge in [-0.3, -0.25) is 0 Å². The Morgan fingerprint density at radius 1 is 1.00 bits per heavy atom. The van der Waals surface area contributed by atoms with Crippen molar-refractivity contribution in [3.8, 4) is 0 Å². The molecule has 2 aromatic carbocycles. The first kappa shape index (κ1) is 17.8. The maximum absolute atomic E-state index is 13.8. The molecular formula is C19H15F3N6. The van der Waals surface area contributed by atoms with Crippen LogP contribution < -0.4 is 10.6 Å². The highest BCUT2D eigenvalue weighted by atomic mass is 19.2. The highest BCUT2D eigenvalue weighted by molar-refractivity contribution is 5.83. The van der Waals surface area contributed by atoms with E-state index in [1.54, 1.807) is 0 Å². The van der Waals surface area contributed by atoms with E-state index in [2.05, 4.69) is 30.8 Å². The molecule has 0 saturated carbocycles. The lowest BCUT2D eigenvalue weighted by atomic mass is 10.1. The molecule has 2 heterocycles. The van der Waals surface area contributed by atoms with Gasteiger partial charge in [-0.1, -0.05) is 18.2 Å². The normalized spacial score (nSPS) is 11.0. The number of para-hydroxylation sites is 1. The van der Waals surface area contributed by atoms with Gasteiger partial charge in [0.1, 0.15) is 0 Å². The van der Waals surface area contributed by atoms with E-state index in [1.807, 2.05) is 30.5 Å². The number of fused-ring (bicyclic) bond motifs is 1. The topological polar surface area (TPSA) is 78.5 Å². The van der Waals surface area contributed by atoms with Crippen LogP contribution in [-0.4, -0.2) is 26.7 Å². The number of anilines is 3. The van der Waals surface area contributed by atoms with Crippen molar-refractivity contribution in [3.05, 3.63) is 71.8 Å². The van der Waals surface area contributed by atoms with Crippen LogP contribution in [0.5, 0.6) is 0 Å². The van der Waals surface area contributed by atoms with E-state index in [9.17, 15) is 13.2 Å². The van der Waals surface area contributed by atoms with E-state index >= 15 is 0 Å². The minimum Gasteiger partial charge on any atom is -0.368 e. The van der Waals surface area contributed by atoms with Crippen LogP contribution in [0.25, 0.3) is 10.9 Å². The Kier molecular flexibility index (Phi) is 4.79. The van der Waals surface area contributed by atoms with Gasteiger partial charge in [0, 0.05) is 23.6 Å². The minimum atomic E-state index is -1.56. The third-order valence-corrected chi connectivity index (χ3v) is 4.22. The van der Waals surface area contributed by atoms with Crippen molar-refractivity contribution in [1.29, 1.82) is 0 Å². The van der Waals surface area contributed by atoms with Gasteiger partial charge in [0.25, 0.3) is 0 Å². The van der Waals surface area contributed by atoms with Crippen LogP contribution in [0.3, 0.4) is 0 Å². The lowest BCUT2D eigenvalue weighted by molar-refractivity contribution is 0.449. The van der Waals surface area contributed by atoms with Crippen molar-refractivity contribution in [2.45, 2.75) is 6.42 Å². The molecule has 9 heteroatoms. The zero-order valence-corrected chi connectivity index (χ0v) is 14.5. The lowest BCUT2D eigenvalue weighted by Gasteiger charge is -2.08. The summed E-state index contributed by atoms with van der Waals surface area (Å²) in [6.45, 7) is 0.583. The molecule has 4 aromatic rings. The second-order valence-corrected chi connectivity index (χ2v) is 6.05. The minimum absolute atomic E-state index is 0.0398. The Labute approximate surface area is 157 Å². The van der Waals surface area contributed by atoms with Crippen molar-refractivity contribution in [2.24, 2.45) is 0 Å². The first-order chi connectivity index (χ1) is 13.6. The number of aromatic amines is 1. The summed E-state index contributed by atoms with van der Waals surface area (Å²) in [5.74, 6) is -3.80. The van der Waals surface area contributed by atoms with Crippen LogP contribution in [0.1, 0.15) is 5.56 Å². The quantitative estimate of drug-likeness (QED) is 0.435. The van der Waals surface area contributed by atoms with Crippen molar-refractivity contribution in [1.82, 2.24) is 20.2 Å². The number of aromatic nitrogens is 4. The molecule has 0 unspecified atom stereocenters. The van der Waals surface area contributed by atoms with Gasteiger partial charge in [0.05, 0.1) is 11.9 Å². The first-order valence-corrected chi connectivity index (χ1v) is 8.51. The van der Waals surface area contributed by atoms with Crippen LogP contribution >= 0.6 is 0 Å². The first-order valence-electron chi connectivity index (χ1n) is 8.51. The third-order valence-electron chi connectivity index (χ3n) is 4.22. The molecule has 0 fully saturated rings. The van der Waals surface area contributed by atoms with E-state index in [4.69, 9.17) is 0 Å². The molecule has 0 atom stereocenters. The highest BCUT2D eigenvalue weighted by Gasteiger charge is 2.14. The van der Waals surface area contributed by atoms with Crippen molar-refractivity contribution >= 4 is 28.4 Å². The van der Waals surface area contributed by atoms with Crippen molar-refractivity contribution < 1.29 is 13.2 Å². The summed E-state index contributed by atoms with van der Waals surface area (Å²) in [4.78, 5) is 7.37. The fourth-order valence-corrected chi connectivity index (χ4v) is 2.85. The molecule has 4 rings (SSSR count). The van der Waals surface area contributed by atoms with Gasteiger partial charge >= 0.3 is 0 Å². The smallest absolute Gasteiger partial charge is 0.249 e. The number of hydrogen-bond acceptors (Lipinski definition) is 5. The van der Waals surface area contributed by atoms with Gasteiger partial charge in [0.2, 0.25) is 5.95 Å². The molecule has 0 aliphatic rings. The zero-order chi connectivity index (χ0) is 19.5. The molecule has 0 aliphatic carbocycles. The number of H-pyrrole nitrogens is 1. The Hall–Kier alpha value is -3.62. The number of nitrogens with one attached hydrogen (secondary N) is 3. The lowest BCUT2D eigenvalue weighted by Crippen LogP contribution is -2.09. The summed E-state index contributed by atoms with van der Waals surface area (Å²) < 4.78 is 40.1. The molecule has 0 amide bonds. The Balaban J connectivity index is 1.42. The van der Waals surface area contributed by atoms with Gasteiger partial charge in [-0.15, -0.1) is 5.10 Å². The van der Waals surface area contributed by atoms with E-state index < -0.39 is 17.5 Å². The summed E-state index contributed by atoms with van der Waals surface area (Å²) in [6, 6.07) is 9.89. The van der Waals surface area contributed by atoms with Crippen molar-refractivity contribution in [2.75, 3.05) is 17.2 Å². The standard InChI is InChI=1S/C19H15F3N6/c20-13-5-6-15(18(22)17(13)21)26-19-27-16(10-25-28-19)23-8-7-11-9-24-14-4-2-1-3-12(11)14/h1-6,9-10,24H,7-8H2,(H2,23,26,27,28). The molecule has 3 N–H and O–H groups in total. The Morgan fingerprint density at radius 3 is 2.75 bits per heavy atom. The molecule has 0 radical (unpaired) electrons. The van der Waals surface area contributed by atoms with E-state index in [1.165, 1.54) is 6.20 Å².